The molecule has 1 aromatic heterocycles. The molecule has 0 radical (unpaired) electrons. The van der Waals surface area contributed by atoms with Crippen molar-refractivity contribution in [2.24, 2.45) is 0 Å². The van der Waals surface area contributed by atoms with Crippen LogP contribution >= 0.6 is 0 Å². The third-order valence-electron chi connectivity index (χ3n) is 2.93. The number of benzene rings is 1. The number of aryl methyl sites for hydroxylation is 1. The van der Waals surface area contributed by atoms with E-state index in [0.29, 0.717) is 0 Å². The summed E-state index contributed by atoms with van der Waals surface area (Å²) in [5.74, 6) is 0. The molecular weight excluding hydrogens is 184 g/mol. The molecule has 2 aromatic rings. The molecule has 76 valence electrons. The molecule has 0 atom stereocenters. The topological polar surface area (TPSA) is 17.0 Å². The lowest BCUT2D eigenvalue weighted by molar-refractivity contribution is 0.829. The predicted octanol–water partition coefficient (Wildman–Crippen LogP) is 2.84. The maximum atomic E-state index is 3.45. The SMILES string of the molecule is c1ccn(-c2ccc3c(c2)NCCC3)c1. The third kappa shape index (κ3) is 1.52. The van der Waals surface area contributed by atoms with Gasteiger partial charge in [-0.25, -0.2) is 0 Å². The molecule has 0 spiro atoms. The van der Waals surface area contributed by atoms with Gasteiger partial charge in [-0.1, -0.05) is 6.07 Å². The van der Waals surface area contributed by atoms with E-state index in [1.807, 2.05) is 12.1 Å². The molecule has 0 amide bonds. The summed E-state index contributed by atoms with van der Waals surface area (Å²) in [6.07, 6.45) is 6.60. The van der Waals surface area contributed by atoms with E-state index in [1.165, 1.54) is 29.8 Å². The van der Waals surface area contributed by atoms with E-state index in [0.717, 1.165) is 6.54 Å². The van der Waals surface area contributed by atoms with E-state index < -0.39 is 0 Å². The van der Waals surface area contributed by atoms with E-state index in [2.05, 4.69) is 40.5 Å². The van der Waals surface area contributed by atoms with Crippen LogP contribution in [0.15, 0.2) is 42.7 Å². The van der Waals surface area contributed by atoms with Crippen LogP contribution in [0.5, 0.6) is 0 Å². The number of nitrogens with zero attached hydrogens (tertiary/aromatic N) is 1. The first-order valence-corrected chi connectivity index (χ1v) is 5.44. The molecule has 2 nitrogen and oxygen atoms in total. The fraction of sp³-hybridized carbons (Fsp3) is 0.231. The zero-order chi connectivity index (χ0) is 10.1. The lowest BCUT2D eigenvalue weighted by Gasteiger charge is -2.18. The van der Waals surface area contributed by atoms with Crippen molar-refractivity contribution >= 4 is 5.69 Å². The minimum Gasteiger partial charge on any atom is -0.385 e. The van der Waals surface area contributed by atoms with Crippen LogP contribution in [0.3, 0.4) is 0 Å². The summed E-state index contributed by atoms with van der Waals surface area (Å²) in [6, 6.07) is 10.7. The van der Waals surface area contributed by atoms with Gasteiger partial charge in [0.2, 0.25) is 0 Å². The van der Waals surface area contributed by atoms with Gasteiger partial charge in [-0.3, -0.25) is 0 Å². The number of fused-ring (bicyclic) bond motifs is 1. The zero-order valence-corrected chi connectivity index (χ0v) is 8.61. The highest BCUT2D eigenvalue weighted by molar-refractivity contribution is 5.58. The van der Waals surface area contributed by atoms with Crippen molar-refractivity contribution in [3.63, 3.8) is 0 Å². The Hall–Kier alpha value is -1.70. The van der Waals surface area contributed by atoms with Crippen molar-refractivity contribution < 1.29 is 0 Å². The molecule has 0 saturated heterocycles. The van der Waals surface area contributed by atoms with E-state index in [-0.39, 0.29) is 0 Å². The van der Waals surface area contributed by atoms with Crippen molar-refractivity contribution in [3.8, 4) is 5.69 Å². The molecule has 1 aliphatic heterocycles. The molecule has 2 heterocycles. The Balaban J connectivity index is 2.04. The molecule has 0 bridgehead atoms. The minimum atomic E-state index is 1.10. The summed E-state index contributed by atoms with van der Waals surface area (Å²) in [5.41, 5.74) is 3.97. The molecule has 1 aliphatic rings. The molecule has 3 rings (SSSR count). The van der Waals surface area contributed by atoms with E-state index in [9.17, 15) is 0 Å². The van der Waals surface area contributed by atoms with Gasteiger partial charge in [0.1, 0.15) is 0 Å². The van der Waals surface area contributed by atoms with Gasteiger partial charge in [0.25, 0.3) is 0 Å². The highest BCUT2D eigenvalue weighted by Crippen LogP contribution is 2.24. The highest BCUT2D eigenvalue weighted by atomic mass is 15.0. The van der Waals surface area contributed by atoms with E-state index in [1.54, 1.807) is 0 Å². The van der Waals surface area contributed by atoms with Gasteiger partial charge in [0, 0.05) is 30.3 Å². The van der Waals surface area contributed by atoms with Crippen LogP contribution in [-0.2, 0) is 6.42 Å². The molecule has 1 aromatic carbocycles. The second-order valence-electron chi connectivity index (χ2n) is 3.96. The minimum absolute atomic E-state index is 1.10. The number of nitrogens with one attached hydrogen (secondary N) is 1. The average Bonchev–Trinajstić information content (AvgIpc) is 2.82. The van der Waals surface area contributed by atoms with Gasteiger partial charge in [-0.05, 0) is 42.7 Å². The molecule has 2 heteroatoms. The van der Waals surface area contributed by atoms with Crippen LogP contribution in [0.25, 0.3) is 5.69 Å². The quantitative estimate of drug-likeness (QED) is 0.745. The summed E-state index contributed by atoms with van der Waals surface area (Å²) in [7, 11) is 0. The summed E-state index contributed by atoms with van der Waals surface area (Å²) in [6.45, 7) is 1.10. The molecule has 15 heavy (non-hydrogen) atoms. The zero-order valence-electron chi connectivity index (χ0n) is 8.61. The van der Waals surface area contributed by atoms with Crippen molar-refractivity contribution in [3.05, 3.63) is 48.3 Å². The molecule has 0 unspecified atom stereocenters. The Morgan fingerprint density at radius 2 is 2.00 bits per heavy atom. The number of rotatable bonds is 1. The Morgan fingerprint density at radius 3 is 2.87 bits per heavy atom. The summed E-state index contributed by atoms with van der Waals surface area (Å²) < 4.78 is 2.14. The van der Waals surface area contributed by atoms with Gasteiger partial charge in [-0.15, -0.1) is 0 Å². The predicted molar refractivity (Wildman–Crippen MR) is 62.6 cm³/mol. The van der Waals surface area contributed by atoms with Crippen LogP contribution in [0.2, 0.25) is 0 Å². The Bertz CT molecular complexity index is 457. The molecule has 0 saturated carbocycles. The highest BCUT2D eigenvalue weighted by Gasteiger charge is 2.08. The number of aromatic nitrogens is 1. The third-order valence-corrected chi connectivity index (χ3v) is 2.93. The van der Waals surface area contributed by atoms with Crippen LogP contribution < -0.4 is 5.32 Å². The standard InChI is InChI=1S/C13H14N2/c1-2-9-15(8-1)12-6-5-11-4-3-7-14-13(11)10-12/h1-2,5-6,8-10,14H,3-4,7H2. The number of hydrogen-bond donors (Lipinski definition) is 1. The molecule has 0 fully saturated rings. The molecule has 1 N–H and O–H groups in total. The molecular formula is C13H14N2. The van der Waals surface area contributed by atoms with Crippen molar-refractivity contribution in [1.82, 2.24) is 4.57 Å². The van der Waals surface area contributed by atoms with Crippen molar-refractivity contribution in [1.29, 1.82) is 0 Å². The lowest BCUT2D eigenvalue weighted by Crippen LogP contribution is -2.11. The second kappa shape index (κ2) is 3.46. The van der Waals surface area contributed by atoms with Crippen LogP contribution in [-0.4, -0.2) is 11.1 Å². The maximum absolute atomic E-state index is 3.45. The Kier molecular flexibility index (Phi) is 1.98. The van der Waals surface area contributed by atoms with Gasteiger partial charge in [-0.2, -0.15) is 0 Å². The average molecular weight is 198 g/mol. The normalized spacial score (nSPS) is 14.4. The summed E-state index contributed by atoms with van der Waals surface area (Å²) >= 11 is 0. The monoisotopic (exact) mass is 198 g/mol. The van der Waals surface area contributed by atoms with Crippen LogP contribution in [0, 0.1) is 0 Å². The van der Waals surface area contributed by atoms with Crippen LogP contribution in [0.4, 0.5) is 5.69 Å². The summed E-state index contributed by atoms with van der Waals surface area (Å²) in [5, 5.41) is 3.45. The Labute approximate surface area is 89.5 Å². The van der Waals surface area contributed by atoms with E-state index in [4.69, 9.17) is 0 Å². The van der Waals surface area contributed by atoms with Crippen LogP contribution in [0.1, 0.15) is 12.0 Å². The smallest absolute Gasteiger partial charge is 0.0470 e. The van der Waals surface area contributed by atoms with E-state index >= 15 is 0 Å². The van der Waals surface area contributed by atoms with Gasteiger partial charge in [0.05, 0.1) is 0 Å². The fourth-order valence-electron chi connectivity index (χ4n) is 2.12. The first-order chi connectivity index (χ1) is 7.43. The largest absolute Gasteiger partial charge is 0.385 e. The second-order valence-corrected chi connectivity index (χ2v) is 3.96. The molecule has 0 aliphatic carbocycles. The fourth-order valence-corrected chi connectivity index (χ4v) is 2.12. The van der Waals surface area contributed by atoms with Gasteiger partial charge < -0.3 is 9.88 Å². The number of anilines is 1. The van der Waals surface area contributed by atoms with Gasteiger partial charge >= 0.3 is 0 Å². The first kappa shape index (κ1) is 8.60. The first-order valence-electron chi connectivity index (χ1n) is 5.44. The number of hydrogen-bond acceptors (Lipinski definition) is 1. The maximum Gasteiger partial charge on any atom is 0.0470 e. The lowest BCUT2D eigenvalue weighted by atomic mass is 10.0. The van der Waals surface area contributed by atoms with Crippen molar-refractivity contribution in [2.75, 3.05) is 11.9 Å². The van der Waals surface area contributed by atoms with Gasteiger partial charge in [0.15, 0.2) is 0 Å². The summed E-state index contributed by atoms with van der Waals surface area (Å²) in [4.78, 5) is 0. The Morgan fingerprint density at radius 1 is 1.13 bits per heavy atom. The van der Waals surface area contributed by atoms with Crippen molar-refractivity contribution in [2.45, 2.75) is 12.8 Å².